The lowest BCUT2D eigenvalue weighted by Gasteiger charge is -2.30. The Kier molecular flexibility index (Phi) is 5.55. The second-order valence-corrected chi connectivity index (χ2v) is 9.13. The Morgan fingerprint density at radius 2 is 1.96 bits per heavy atom. The van der Waals surface area contributed by atoms with E-state index in [-0.39, 0.29) is 11.8 Å². The summed E-state index contributed by atoms with van der Waals surface area (Å²) in [5.41, 5.74) is 2.34. The van der Waals surface area contributed by atoms with E-state index in [9.17, 15) is 4.79 Å². The number of aromatic nitrogens is 1. The summed E-state index contributed by atoms with van der Waals surface area (Å²) in [4.78, 5) is 19.6. The standard InChI is InChI=1S/C21H29N3OS/c1-15-9-11-24(12-10-15)14-16-7-8-18-19(13-16)26-21(22-18)23-20(25)17-5-3-2-4-6-17/h7-8,13,15,17H,2-6,9-12,14H2,1H3,(H,22,23,25). The molecule has 0 bridgehead atoms. The zero-order valence-corrected chi connectivity index (χ0v) is 16.5. The molecular weight excluding hydrogens is 342 g/mol. The highest BCUT2D eigenvalue weighted by molar-refractivity contribution is 7.22. The Balaban J connectivity index is 1.41. The maximum atomic E-state index is 12.4. The summed E-state index contributed by atoms with van der Waals surface area (Å²) in [6, 6.07) is 6.54. The number of fused-ring (bicyclic) bond motifs is 1. The number of anilines is 1. The fraction of sp³-hybridized carbons (Fsp3) is 0.619. The van der Waals surface area contributed by atoms with Crippen LogP contribution in [0.25, 0.3) is 10.2 Å². The van der Waals surface area contributed by atoms with Crippen LogP contribution in [0.3, 0.4) is 0 Å². The van der Waals surface area contributed by atoms with E-state index in [1.165, 1.54) is 55.5 Å². The number of nitrogens with zero attached hydrogens (tertiary/aromatic N) is 2. The molecule has 140 valence electrons. The van der Waals surface area contributed by atoms with Gasteiger partial charge in [0.1, 0.15) is 0 Å². The van der Waals surface area contributed by atoms with E-state index in [2.05, 4.69) is 40.3 Å². The van der Waals surface area contributed by atoms with Gasteiger partial charge in [0.2, 0.25) is 5.91 Å². The molecule has 1 aromatic carbocycles. The minimum Gasteiger partial charge on any atom is -0.302 e. The van der Waals surface area contributed by atoms with Gasteiger partial charge >= 0.3 is 0 Å². The number of likely N-dealkylation sites (tertiary alicyclic amines) is 1. The van der Waals surface area contributed by atoms with Crippen molar-refractivity contribution in [1.82, 2.24) is 9.88 Å². The van der Waals surface area contributed by atoms with Crippen LogP contribution in [0.15, 0.2) is 18.2 Å². The summed E-state index contributed by atoms with van der Waals surface area (Å²) in [6.07, 6.45) is 8.28. The van der Waals surface area contributed by atoms with Gasteiger partial charge in [-0.1, -0.05) is 43.6 Å². The van der Waals surface area contributed by atoms with Crippen molar-refractivity contribution >= 4 is 32.6 Å². The number of carbonyl (C=O) groups excluding carboxylic acids is 1. The van der Waals surface area contributed by atoms with Crippen LogP contribution in [-0.4, -0.2) is 28.9 Å². The molecule has 1 saturated carbocycles. The predicted molar refractivity (Wildman–Crippen MR) is 108 cm³/mol. The second-order valence-electron chi connectivity index (χ2n) is 8.10. The highest BCUT2D eigenvalue weighted by atomic mass is 32.1. The van der Waals surface area contributed by atoms with E-state index in [4.69, 9.17) is 0 Å². The molecule has 0 atom stereocenters. The third-order valence-corrected chi connectivity index (χ3v) is 6.87. The molecule has 1 N–H and O–H groups in total. The van der Waals surface area contributed by atoms with Crippen molar-refractivity contribution in [3.05, 3.63) is 23.8 Å². The number of amides is 1. The summed E-state index contributed by atoms with van der Waals surface area (Å²) < 4.78 is 1.17. The summed E-state index contributed by atoms with van der Waals surface area (Å²) in [5.74, 6) is 1.20. The van der Waals surface area contributed by atoms with Crippen molar-refractivity contribution in [3.63, 3.8) is 0 Å². The molecule has 2 aliphatic rings. The quantitative estimate of drug-likeness (QED) is 0.818. The third kappa shape index (κ3) is 4.26. The minimum atomic E-state index is 0.159. The monoisotopic (exact) mass is 371 g/mol. The molecule has 2 heterocycles. The zero-order valence-electron chi connectivity index (χ0n) is 15.7. The van der Waals surface area contributed by atoms with Gasteiger partial charge in [0, 0.05) is 12.5 Å². The summed E-state index contributed by atoms with van der Waals surface area (Å²) in [5, 5.41) is 3.81. The normalized spacial score (nSPS) is 20.5. The fourth-order valence-corrected chi connectivity index (χ4v) is 5.10. The Hall–Kier alpha value is -1.46. The molecule has 0 unspecified atom stereocenters. The Morgan fingerprint density at radius 3 is 2.73 bits per heavy atom. The summed E-state index contributed by atoms with van der Waals surface area (Å²) >= 11 is 1.60. The van der Waals surface area contributed by atoms with Crippen LogP contribution >= 0.6 is 11.3 Å². The smallest absolute Gasteiger partial charge is 0.229 e. The van der Waals surface area contributed by atoms with Gasteiger partial charge in [-0.05, 0) is 62.4 Å². The lowest BCUT2D eigenvalue weighted by Crippen LogP contribution is -2.32. The summed E-state index contributed by atoms with van der Waals surface area (Å²) in [7, 11) is 0. The largest absolute Gasteiger partial charge is 0.302 e. The highest BCUT2D eigenvalue weighted by Gasteiger charge is 2.22. The van der Waals surface area contributed by atoms with Crippen LogP contribution in [0, 0.1) is 11.8 Å². The number of piperidine rings is 1. The summed E-state index contributed by atoms with van der Waals surface area (Å²) in [6.45, 7) is 5.77. The van der Waals surface area contributed by atoms with Gasteiger partial charge in [0.15, 0.2) is 5.13 Å². The third-order valence-electron chi connectivity index (χ3n) is 5.94. The van der Waals surface area contributed by atoms with Crippen LogP contribution < -0.4 is 5.32 Å². The molecule has 0 radical (unpaired) electrons. The molecule has 26 heavy (non-hydrogen) atoms. The number of hydrogen-bond donors (Lipinski definition) is 1. The number of benzene rings is 1. The van der Waals surface area contributed by atoms with Gasteiger partial charge < -0.3 is 5.32 Å². The van der Waals surface area contributed by atoms with Crippen LogP contribution in [0.2, 0.25) is 0 Å². The Labute approximate surface area is 160 Å². The number of thiazole rings is 1. The lowest BCUT2D eigenvalue weighted by atomic mass is 9.89. The molecule has 1 aliphatic carbocycles. The highest BCUT2D eigenvalue weighted by Crippen LogP contribution is 2.30. The first-order valence-electron chi connectivity index (χ1n) is 10.1. The SMILES string of the molecule is CC1CCN(Cc2ccc3nc(NC(=O)C4CCCCC4)sc3c2)CC1. The first-order chi connectivity index (χ1) is 12.7. The average Bonchev–Trinajstić information content (AvgIpc) is 3.06. The van der Waals surface area contributed by atoms with Gasteiger partial charge in [0.05, 0.1) is 10.2 Å². The van der Waals surface area contributed by atoms with Crippen LogP contribution in [0.5, 0.6) is 0 Å². The van der Waals surface area contributed by atoms with Crippen LogP contribution in [0.1, 0.15) is 57.4 Å². The number of rotatable bonds is 4. The van der Waals surface area contributed by atoms with Gasteiger partial charge in [-0.15, -0.1) is 0 Å². The van der Waals surface area contributed by atoms with E-state index in [1.54, 1.807) is 11.3 Å². The molecule has 0 spiro atoms. The molecule has 1 aliphatic heterocycles. The average molecular weight is 372 g/mol. The Morgan fingerprint density at radius 1 is 1.19 bits per heavy atom. The van der Waals surface area contributed by atoms with Crippen LogP contribution in [-0.2, 0) is 11.3 Å². The minimum absolute atomic E-state index is 0.159. The molecule has 1 amide bonds. The molecule has 1 saturated heterocycles. The Bertz CT molecular complexity index is 758. The van der Waals surface area contributed by atoms with E-state index in [0.29, 0.717) is 0 Å². The van der Waals surface area contributed by atoms with E-state index >= 15 is 0 Å². The first-order valence-corrected chi connectivity index (χ1v) is 10.9. The van der Waals surface area contributed by atoms with Crippen molar-refractivity contribution < 1.29 is 4.79 Å². The second kappa shape index (κ2) is 8.05. The van der Waals surface area contributed by atoms with Crippen molar-refractivity contribution in [2.45, 2.75) is 58.4 Å². The lowest BCUT2D eigenvalue weighted by molar-refractivity contribution is -0.120. The molecule has 2 aromatic rings. The van der Waals surface area contributed by atoms with E-state index < -0.39 is 0 Å². The molecule has 1 aromatic heterocycles. The zero-order chi connectivity index (χ0) is 17.9. The number of nitrogens with one attached hydrogen (secondary N) is 1. The molecule has 5 heteroatoms. The number of carbonyl (C=O) groups is 1. The predicted octanol–water partition coefficient (Wildman–Crippen LogP) is 5.05. The maximum absolute atomic E-state index is 12.4. The molecule has 4 rings (SSSR count). The van der Waals surface area contributed by atoms with E-state index in [0.717, 1.165) is 36.0 Å². The van der Waals surface area contributed by atoms with Crippen molar-refractivity contribution in [3.8, 4) is 0 Å². The van der Waals surface area contributed by atoms with Crippen molar-refractivity contribution in [1.29, 1.82) is 0 Å². The number of hydrogen-bond acceptors (Lipinski definition) is 4. The van der Waals surface area contributed by atoms with Crippen molar-refractivity contribution in [2.75, 3.05) is 18.4 Å². The maximum Gasteiger partial charge on any atom is 0.229 e. The molecule has 2 fully saturated rings. The van der Waals surface area contributed by atoms with Gasteiger partial charge in [0.25, 0.3) is 0 Å². The van der Waals surface area contributed by atoms with Gasteiger partial charge in [-0.2, -0.15) is 0 Å². The van der Waals surface area contributed by atoms with Gasteiger partial charge in [-0.3, -0.25) is 9.69 Å². The van der Waals surface area contributed by atoms with E-state index in [1.807, 2.05) is 0 Å². The topological polar surface area (TPSA) is 45.2 Å². The molecule has 4 nitrogen and oxygen atoms in total. The van der Waals surface area contributed by atoms with Crippen LogP contribution in [0.4, 0.5) is 5.13 Å². The van der Waals surface area contributed by atoms with Gasteiger partial charge in [-0.25, -0.2) is 4.98 Å². The first kappa shape index (κ1) is 17.9. The fourth-order valence-electron chi connectivity index (χ4n) is 4.17. The molecular formula is C21H29N3OS. The van der Waals surface area contributed by atoms with Crippen molar-refractivity contribution in [2.24, 2.45) is 11.8 Å².